The zero-order valence-electron chi connectivity index (χ0n) is 27.0. The number of oxime groups is 1. The zero-order valence-corrected chi connectivity index (χ0v) is 27.8. The van der Waals surface area contributed by atoms with Crippen LogP contribution in [0.25, 0.3) is 0 Å². The van der Waals surface area contributed by atoms with Crippen LogP contribution in [0.5, 0.6) is 0 Å². The highest BCUT2D eigenvalue weighted by Gasteiger charge is 2.58. The molecular formula is C34H51N5O5S. The highest BCUT2D eigenvalue weighted by Crippen LogP contribution is 2.64. The number of hydrogen-bond acceptors (Lipinski definition) is 7. The molecule has 4 amide bonds. The summed E-state index contributed by atoms with van der Waals surface area (Å²) < 4.78 is 0. The molecule has 0 radical (unpaired) electrons. The third kappa shape index (κ3) is 6.79. The highest BCUT2D eigenvalue weighted by atomic mass is 32.2. The Morgan fingerprint density at radius 1 is 0.956 bits per heavy atom. The summed E-state index contributed by atoms with van der Waals surface area (Å²) in [7, 11) is 0. The second kappa shape index (κ2) is 13.7. The van der Waals surface area contributed by atoms with Crippen molar-refractivity contribution < 1.29 is 24.0 Å². The number of carbonyl (C=O) groups is 4. The number of allylic oxidation sites excluding steroid dienone is 2. The monoisotopic (exact) mass is 641 g/mol. The maximum absolute atomic E-state index is 12.7. The van der Waals surface area contributed by atoms with Gasteiger partial charge in [0.2, 0.25) is 5.91 Å². The maximum Gasteiger partial charge on any atom is 0.315 e. The second-order valence-electron chi connectivity index (χ2n) is 14.7. The molecule has 2 heterocycles. The molecule has 248 valence electrons. The summed E-state index contributed by atoms with van der Waals surface area (Å²) in [5, 5.41) is 16.5. The van der Waals surface area contributed by atoms with Gasteiger partial charge in [-0.2, -0.15) is 11.8 Å². The Labute approximate surface area is 271 Å². The summed E-state index contributed by atoms with van der Waals surface area (Å²) in [6.07, 6.45) is 14.3. The number of thioether (sulfide) groups is 1. The molecule has 0 bridgehead atoms. The van der Waals surface area contributed by atoms with E-state index in [4.69, 9.17) is 4.84 Å². The van der Waals surface area contributed by atoms with Crippen LogP contribution >= 0.6 is 11.8 Å². The molecule has 0 aromatic rings. The molecule has 4 aliphatic carbocycles. The molecule has 5 fully saturated rings. The number of nitrogens with zero attached hydrogens (tertiary/aromatic N) is 1. The molecule has 0 aromatic heterocycles. The first-order valence-electron chi connectivity index (χ1n) is 17.3. The van der Waals surface area contributed by atoms with Crippen LogP contribution < -0.4 is 21.3 Å². The number of fused-ring (bicyclic) bond motifs is 6. The minimum atomic E-state index is -0.212. The number of amides is 4. The van der Waals surface area contributed by atoms with Crippen molar-refractivity contribution in [3.63, 3.8) is 0 Å². The van der Waals surface area contributed by atoms with Gasteiger partial charge in [0, 0.05) is 42.3 Å². The lowest BCUT2D eigenvalue weighted by molar-refractivity contribution is -0.132. The third-order valence-corrected chi connectivity index (χ3v) is 13.7. The van der Waals surface area contributed by atoms with E-state index in [1.807, 2.05) is 11.8 Å². The number of urea groups is 1. The average molecular weight is 642 g/mol. The quantitative estimate of drug-likeness (QED) is 0.143. The van der Waals surface area contributed by atoms with Crippen molar-refractivity contribution in [2.24, 2.45) is 33.7 Å². The van der Waals surface area contributed by atoms with Gasteiger partial charge < -0.3 is 26.1 Å². The van der Waals surface area contributed by atoms with E-state index in [1.54, 1.807) is 0 Å². The summed E-state index contributed by atoms with van der Waals surface area (Å²) in [5.74, 6) is 3.13. The van der Waals surface area contributed by atoms with Gasteiger partial charge in [-0.25, -0.2) is 4.79 Å². The number of rotatable bonds is 12. The van der Waals surface area contributed by atoms with E-state index in [1.165, 1.54) is 5.57 Å². The fourth-order valence-electron chi connectivity index (χ4n) is 9.55. The predicted molar refractivity (Wildman–Crippen MR) is 175 cm³/mol. The fourth-order valence-corrected chi connectivity index (χ4v) is 11.1. The third-order valence-electron chi connectivity index (χ3n) is 12.1. The number of unbranched alkanes of at least 4 members (excludes halogenated alkanes) is 1. The minimum absolute atomic E-state index is 0.0371. The largest absolute Gasteiger partial charge is 0.385 e. The summed E-state index contributed by atoms with van der Waals surface area (Å²) in [5.41, 5.74) is 2.48. The Bertz CT molecular complexity index is 1240. The predicted octanol–water partition coefficient (Wildman–Crippen LogP) is 4.24. The van der Waals surface area contributed by atoms with Crippen LogP contribution in [-0.2, 0) is 19.2 Å². The number of Topliss-reactive ketones (excluding diaryl/α,β-unsaturated/α-hetero) is 1. The minimum Gasteiger partial charge on any atom is -0.385 e. The van der Waals surface area contributed by atoms with Gasteiger partial charge in [-0.15, -0.1) is 0 Å². The highest BCUT2D eigenvalue weighted by molar-refractivity contribution is 8.00. The van der Waals surface area contributed by atoms with Crippen molar-refractivity contribution >= 4 is 41.1 Å². The molecule has 4 N–H and O–H groups in total. The van der Waals surface area contributed by atoms with Crippen molar-refractivity contribution in [2.75, 3.05) is 25.4 Å². The van der Waals surface area contributed by atoms with Gasteiger partial charge >= 0.3 is 6.03 Å². The van der Waals surface area contributed by atoms with E-state index in [9.17, 15) is 19.2 Å². The molecule has 0 spiro atoms. The smallest absolute Gasteiger partial charge is 0.315 e. The van der Waals surface area contributed by atoms with Crippen molar-refractivity contribution in [3.8, 4) is 0 Å². The first-order valence-corrected chi connectivity index (χ1v) is 18.4. The molecular weight excluding hydrogens is 590 g/mol. The van der Waals surface area contributed by atoms with Gasteiger partial charge in [-0.3, -0.25) is 14.4 Å². The Kier molecular flexibility index (Phi) is 9.83. The van der Waals surface area contributed by atoms with Crippen LogP contribution in [0.2, 0.25) is 0 Å². The van der Waals surface area contributed by atoms with Gasteiger partial charge in [-0.05, 0) is 93.5 Å². The van der Waals surface area contributed by atoms with Gasteiger partial charge in [0.05, 0.1) is 17.8 Å². The van der Waals surface area contributed by atoms with Crippen molar-refractivity contribution in [1.82, 2.24) is 21.3 Å². The van der Waals surface area contributed by atoms with Crippen molar-refractivity contribution in [2.45, 2.75) is 115 Å². The summed E-state index contributed by atoms with van der Waals surface area (Å²) in [4.78, 5) is 54.1. The molecule has 6 rings (SSSR count). The average Bonchev–Trinajstić information content (AvgIpc) is 3.67. The van der Waals surface area contributed by atoms with Gasteiger partial charge in [0.15, 0.2) is 6.61 Å². The number of nitrogens with one attached hydrogen (secondary N) is 4. The summed E-state index contributed by atoms with van der Waals surface area (Å²) >= 11 is 1.90. The number of ketones is 1. The molecule has 0 unspecified atom stereocenters. The Morgan fingerprint density at radius 3 is 2.60 bits per heavy atom. The van der Waals surface area contributed by atoms with E-state index >= 15 is 0 Å². The van der Waals surface area contributed by atoms with E-state index in [-0.39, 0.29) is 47.4 Å². The van der Waals surface area contributed by atoms with Gasteiger partial charge in [0.1, 0.15) is 5.78 Å². The molecule has 0 aromatic carbocycles. The molecule has 10 nitrogen and oxygen atoms in total. The van der Waals surface area contributed by atoms with E-state index in [0.717, 1.165) is 82.1 Å². The molecule has 3 saturated carbocycles. The maximum atomic E-state index is 12.7. The molecule has 2 aliphatic heterocycles. The van der Waals surface area contributed by atoms with Crippen molar-refractivity contribution in [1.29, 1.82) is 0 Å². The SMILES string of the molecule is C[C@]12CC/C(=N/OCC(=O)NCCCNC(=O)CCCC[C@@H]3SC[C@@H]4NC(=O)N[C@@H]43)C=C1CC[C@@H]1[C@@H]2CC[C@]2(C)C(=O)CC[C@@H]12. The first kappa shape index (κ1) is 32.4. The molecule has 6 aliphatic rings. The Morgan fingerprint density at radius 2 is 1.76 bits per heavy atom. The van der Waals surface area contributed by atoms with Crippen LogP contribution in [0.4, 0.5) is 4.79 Å². The van der Waals surface area contributed by atoms with Crippen LogP contribution in [-0.4, -0.2) is 72.1 Å². The second-order valence-corrected chi connectivity index (χ2v) is 16.0. The lowest BCUT2D eigenvalue weighted by atomic mass is 9.47. The standard InChI is InChI=1S/C34H51N5O5S/c1-33-14-12-22(18-21(33)8-9-23-24-10-11-28(40)34(24,2)15-13-25(23)33)39-44-19-30(42)36-17-5-16-35-29(41)7-4-3-6-27-31-26(20-45-27)37-32(43)38-31/h18,23-27,31H,3-17,19-20H2,1-2H3,(H,35,41)(H,36,42)(H2,37,38,43)/b39-22-/t23-,24-,25-,26-,27-,31-,33-,34-/m0/s1. The molecule has 2 saturated heterocycles. The van der Waals surface area contributed by atoms with Crippen LogP contribution in [0.15, 0.2) is 16.8 Å². The molecule has 8 atom stereocenters. The zero-order chi connectivity index (χ0) is 31.6. The summed E-state index contributed by atoms with van der Waals surface area (Å²) in [6.45, 7) is 5.55. The van der Waals surface area contributed by atoms with Gasteiger partial charge in [-0.1, -0.05) is 31.0 Å². The fraction of sp³-hybridized carbons (Fsp3) is 0.794. The number of hydrogen-bond donors (Lipinski definition) is 4. The lowest BCUT2D eigenvalue weighted by Crippen LogP contribution is -2.50. The Balaban J connectivity index is 0.835. The van der Waals surface area contributed by atoms with Crippen LogP contribution in [0.1, 0.15) is 97.3 Å². The van der Waals surface area contributed by atoms with E-state index in [2.05, 4.69) is 46.3 Å². The van der Waals surface area contributed by atoms with E-state index < -0.39 is 0 Å². The van der Waals surface area contributed by atoms with Crippen LogP contribution in [0.3, 0.4) is 0 Å². The van der Waals surface area contributed by atoms with Crippen LogP contribution in [0, 0.1) is 28.6 Å². The topological polar surface area (TPSA) is 138 Å². The molecule has 45 heavy (non-hydrogen) atoms. The number of carbonyl (C=O) groups excluding carboxylic acids is 4. The molecule has 11 heteroatoms. The normalized spacial score (nSPS) is 37.5. The summed E-state index contributed by atoms with van der Waals surface area (Å²) in [6, 6.07) is 0.389. The van der Waals surface area contributed by atoms with E-state index in [0.29, 0.717) is 54.7 Å². The van der Waals surface area contributed by atoms with Gasteiger partial charge in [0.25, 0.3) is 5.91 Å². The van der Waals surface area contributed by atoms with Crippen molar-refractivity contribution in [3.05, 3.63) is 11.6 Å². The lowest BCUT2D eigenvalue weighted by Gasteiger charge is -2.57. The first-order chi connectivity index (χ1) is 21.7. The Hall–Kier alpha value is -2.56.